The Morgan fingerprint density at radius 1 is 1.15 bits per heavy atom. The first kappa shape index (κ1) is 29.0. The first-order valence-corrected chi connectivity index (χ1v) is 14.5. The van der Waals surface area contributed by atoms with E-state index in [9.17, 15) is 19.5 Å². The van der Waals surface area contributed by atoms with Gasteiger partial charge >= 0.3 is 5.97 Å². The second-order valence-electron chi connectivity index (χ2n) is 11.4. The smallest absolute Gasteiger partial charge is 0.312 e. The van der Waals surface area contributed by atoms with E-state index >= 15 is 0 Å². The third kappa shape index (κ3) is 4.30. The average Bonchev–Trinajstić information content (AvgIpc) is 3.57. The summed E-state index contributed by atoms with van der Waals surface area (Å²) in [5.41, 5.74) is 1.16. The van der Waals surface area contributed by atoms with Crippen LogP contribution in [0.25, 0.3) is 0 Å². The van der Waals surface area contributed by atoms with Crippen LogP contribution in [0.1, 0.15) is 55.8 Å². The molecule has 2 aromatic carbocycles. The molecule has 218 valence electrons. The van der Waals surface area contributed by atoms with Gasteiger partial charge < -0.3 is 24.4 Å². The van der Waals surface area contributed by atoms with Crippen molar-refractivity contribution in [2.24, 2.45) is 11.8 Å². The second-order valence-corrected chi connectivity index (χ2v) is 11.4. The lowest BCUT2D eigenvalue weighted by atomic mass is 9.65. The molecule has 0 aromatic heterocycles. The van der Waals surface area contributed by atoms with Crippen LogP contribution in [0, 0.1) is 25.7 Å². The summed E-state index contributed by atoms with van der Waals surface area (Å²) in [4.78, 5) is 46.3. The predicted molar refractivity (Wildman–Crippen MR) is 155 cm³/mol. The first-order valence-electron chi connectivity index (χ1n) is 14.5. The number of nitrogens with zero attached hydrogens (tertiary/aromatic N) is 2. The van der Waals surface area contributed by atoms with Crippen LogP contribution in [0.4, 0.5) is 5.69 Å². The maximum atomic E-state index is 15.0. The van der Waals surface area contributed by atoms with Gasteiger partial charge in [-0.3, -0.25) is 14.4 Å². The number of benzene rings is 2. The maximum Gasteiger partial charge on any atom is 0.312 e. The third-order valence-corrected chi connectivity index (χ3v) is 9.37. The van der Waals surface area contributed by atoms with Crippen LogP contribution >= 0.6 is 0 Å². The number of aryl methyl sites for hydroxylation is 2. The van der Waals surface area contributed by atoms with Gasteiger partial charge in [0.15, 0.2) is 0 Å². The quantitative estimate of drug-likeness (QED) is 0.344. The van der Waals surface area contributed by atoms with E-state index in [-0.39, 0.29) is 25.0 Å². The third-order valence-electron chi connectivity index (χ3n) is 9.37. The molecule has 0 saturated carbocycles. The minimum absolute atomic E-state index is 0.179. The molecule has 0 radical (unpaired) electrons. The molecule has 8 heteroatoms. The number of para-hydroxylation sites is 1. The van der Waals surface area contributed by atoms with Crippen molar-refractivity contribution in [3.63, 3.8) is 0 Å². The average molecular weight is 561 g/mol. The number of fused-ring (bicyclic) bond motifs is 1. The molecule has 3 fully saturated rings. The normalized spacial score (nSPS) is 28.9. The highest BCUT2D eigenvalue weighted by Gasteiger charge is 2.79. The van der Waals surface area contributed by atoms with Gasteiger partial charge in [0.1, 0.15) is 17.6 Å². The molecule has 3 aliphatic rings. The van der Waals surface area contributed by atoms with E-state index in [2.05, 4.69) is 6.58 Å². The van der Waals surface area contributed by atoms with Gasteiger partial charge in [-0.15, -0.1) is 6.58 Å². The Labute approximate surface area is 241 Å². The van der Waals surface area contributed by atoms with Crippen molar-refractivity contribution >= 4 is 23.5 Å². The molecule has 2 amide bonds. The summed E-state index contributed by atoms with van der Waals surface area (Å²) in [6, 6.07) is 13.2. The highest BCUT2D eigenvalue weighted by molar-refractivity contribution is 6.05. The fourth-order valence-electron chi connectivity index (χ4n) is 7.69. The van der Waals surface area contributed by atoms with Gasteiger partial charge in [-0.25, -0.2) is 0 Å². The molecular formula is C33H40N2O6. The number of ether oxygens (including phenoxy) is 2. The Balaban J connectivity index is 1.71. The van der Waals surface area contributed by atoms with Crippen LogP contribution in [0.5, 0.6) is 0 Å². The number of anilines is 1. The number of esters is 1. The Kier molecular flexibility index (Phi) is 7.83. The van der Waals surface area contributed by atoms with Crippen molar-refractivity contribution in [1.29, 1.82) is 0 Å². The zero-order valence-electron chi connectivity index (χ0n) is 24.3. The van der Waals surface area contributed by atoms with Gasteiger partial charge in [0.25, 0.3) is 5.91 Å². The molecule has 41 heavy (non-hydrogen) atoms. The van der Waals surface area contributed by atoms with Crippen molar-refractivity contribution in [3.05, 3.63) is 77.9 Å². The number of aliphatic hydroxyl groups excluding tert-OH is 1. The fourth-order valence-corrected chi connectivity index (χ4v) is 7.69. The Morgan fingerprint density at radius 3 is 2.41 bits per heavy atom. The van der Waals surface area contributed by atoms with E-state index < -0.39 is 47.7 Å². The van der Waals surface area contributed by atoms with Crippen molar-refractivity contribution in [3.8, 4) is 0 Å². The van der Waals surface area contributed by atoms with Gasteiger partial charge in [0.2, 0.25) is 5.91 Å². The van der Waals surface area contributed by atoms with E-state index in [4.69, 9.17) is 9.47 Å². The molecule has 8 nitrogen and oxygen atoms in total. The van der Waals surface area contributed by atoms with Gasteiger partial charge in [-0.2, -0.15) is 0 Å². The lowest BCUT2D eigenvalue weighted by Crippen LogP contribution is -2.57. The predicted octanol–water partition coefficient (Wildman–Crippen LogP) is 4.27. The van der Waals surface area contributed by atoms with Crippen LogP contribution < -0.4 is 4.90 Å². The van der Waals surface area contributed by atoms with Crippen LogP contribution in [0.3, 0.4) is 0 Å². The van der Waals surface area contributed by atoms with Crippen molar-refractivity contribution < 1.29 is 29.0 Å². The number of amides is 2. The van der Waals surface area contributed by atoms with E-state index in [0.717, 1.165) is 16.8 Å². The first-order chi connectivity index (χ1) is 19.7. The largest absolute Gasteiger partial charge is 0.466 e. The minimum atomic E-state index is -1.24. The van der Waals surface area contributed by atoms with Crippen LogP contribution in [0.15, 0.2) is 61.2 Å². The van der Waals surface area contributed by atoms with Gasteiger partial charge in [0.05, 0.1) is 30.8 Å². The second kappa shape index (κ2) is 11.1. The number of carbonyl (C=O) groups excluding carboxylic acids is 3. The molecule has 6 atom stereocenters. The highest BCUT2D eigenvalue weighted by atomic mass is 16.6. The SMILES string of the molecule is C=CCN(C(=O)C1N([C@H](CO)c2ccccc2)C(=O)[C@@H]2[C@H](C(=O)OCC)[C@]3(CC)CCC12O3)c1c(C)cccc1C. The van der Waals surface area contributed by atoms with Crippen LogP contribution in [-0.4, -0.2) is 64.8 Å². The van der Waals surface area contributed by atoms with Crippen molar-refractivity contribution in [2.45, 2.75) is 70.2 Å². The Hall–Kier alpha value is -3.49. The van der Waals surface area contributed by atoms with E-state index in [1.165, 1.54) is 4.90 Å². The molecule has 5 rings (SSSR count). The minimum Gasteiger partial charge on any atom is -0.466 e. The van der Waals surface area contributed by atoms with Crippen LogP contribution in [-0.2, 0) is 23.9 Å². The topological polar surface area (TPSA) is 96.4 Å². The lowest BCUT2D eigenvalue weighted by molar-refractivity contribution is -0.161. The number of hydrogen-bond acceptors (Lipinski definition) is 6. The van der Waals surface area contributed by atoms with E-state index in [0.29, 0.717) is 24.8 Å². The maximum absolute atomic E-state index is 15.0. The van der Waals surface area contributed by atoms with Crippen molar-refractivity contribution in [1.82, 2.24) is 4.90 Å². The standard InChI is InChI=1S/C33H40N2O6/c1-6-19-34(27-21(4)13-12-14-22(27)5)30(38)28-33-18-17-32(7-2,41-33)26(31(39)40-8-3)25(33)29(37)35(28)24(20-36)23-15-10-9-11-16-23/h6,9-16,24-26,28,36H,1,7-8,17-20H2,2-5H3/t24-,25+,26-,28?,32+,33?/m1/s1. The molecular weight excluding hydrogens is 520 g/mol. The monoisotopic (exact) mass is 560 g/mol. The number of hydrogen-bond donors (Lipinski definition) is 1. The molecule has 2 aromatic rings. The molecule has 1 spiro atoms. The van der Waals surface area contributed by atoms with E-state index in [1.807, 2.05) is 69.3 Å². The molecule has 1 N–H and O–H groups in total. The summed E-state index contributed by atoms with van der Waals surface area (Å²) in [6.07, 6.45) is 3.16. The molecule has 2 unspecified atom stereocenters. The molecule has 3 saturated heterocycles. The van der Waals surface area contributed by atoms with Crippen LogP contribution in [0.2, 0.25) is 0 Å². The number of aliphatic hydroxyl groups is 1. The summed E-state index contributed by atoms with van der Waals surface area (Å²) in [6.45, 7) is 11.5. The van der Waals surface area contributed by atoms with Gasteiger partial charge in [-0.05, 0) is 56.7 Å². The van der Waals surface area contributed by atoms with E-state index in [1.54, 1.807) is 17.9 Å². The van der Waals surface area contributed by atoms with Crippen molar-refractivity contribution in [2.75, 3.05) is 24.7 Å². The van der Waals surface area contributed by atoms with Gasteiger partial charge in [-0.1, -0.05) is 61.5 Å². The zero-order valence-corrected chi connectivity index (χ0v) is 24.3. The van der Waals surface area contributed by atoms with Gasteiger partial charge in [0, 0.05) is 12.2 Å². The fraction of sp³-hybridized carbons (Fsp3) is 0.485. The number of rotatable bonds is 10. The summed E-state index contributed by atoms with van der Waals surface area (Å²) >= 11 is 0. The summed E-state index contributed by atoms with van der Waals surface area (Å²) in [5, 5.41) is 10.7. The highest BCUT2D eigenvalue weighted by Crippen LogP contribution is 2.65. The molecule has 0 aliphatic carbocycles. The molecule has 3 aliphatic heterocycles. The summed E-state index contributed by atoms with van der Waals surface area (Å²) in [5.74, 6) is -2.88. The number of likely N-dealkylation sites (tertiary alicyclic amines) is 1. The summed E-state index contributed by atoms with van der Waals surface area (Å²) in [7, 11) is 0. The number of carbonyl (C=O) groups is 3. The molecule has 2 bridgehead atoms. The Morgan fingerprint density at radius 2 is 1.83 bits per heavy atom. The molecule has 3 heterocycles. The zero-order chi connectivity index (χ0) is 29.5. The lowest BCUT2D eigenvalue weighted by Gasteiger charge is -2.40. The summed E-state index contributed by atoms with van der Waals surface area (Å²) < 4.78 is 12.4. The Bertz CT molecular complexity index is 1320.